The van der Waals surface area contributed by atoms with Crippen LogP contribution in [-0.2, 0) is 4.79 Å². The minimum Gasteiger partial charge on any atom is -0.481 e. The van der Waals surface area contributed by atoms with Crippen LogP contribution in [0.5, 0.6) is 0 Å². The number of nitrogens with zero attached hydrogens (tertiary/aromatic N) is 1. The quantitative estimate of drug-likeness (QED) is 0.685. The van der Waals surface area contributed by atoms with Gasteiger partial charge in [0, 0.05) is 26.6 Å². The Morgan fingerprint density at radius 1 is 1.41 bits per heavy atom. The lowest BCUT2D eigenvalue weighted by atomic mass is 10.1. The molecule has 1 atom stereocenters. The van der Waals surface area contributed by atoms with Crippen LogP contribution in [0.2, 0.25) is 0 Å². The highest BCUT2D eigenvalue weighted by molar-refractivity contribution is 5.73. The molecule has 2 N–H and O–H groups in total. The van der Waals surface area contributed by atoms with E-state index < -0.39 is 5.97 Å². The average Bonchev–Trinajstić information content (AvgIpc) is 2.30. The molecule has 1 unspecified atom stereocenters. The van der Waals surface area contributed by atoms with Gasteiger partial charge in [-0.3, -0.25) is 4.79 Å². The molecular weight excluding hydrogens is 220 g/mol. The van der Waals surface area contributed by atoms with Gasteiger partial charge >= 0.3 is 12.0 Å². The van der Waals surface area contributed by atoms with Crippen LogP contribution in [0.1, 0.15) is 39.5 Å². The largest absolute Gasteiger partial charge is 0.481 e. The molecule has 0 aliphatic carbocycles. The molecule has 5 nitrogen and oxygen atoms in total. The number of hydrogen-bond acceptors (Lipinski definition) is 2. The van der Waals surface area contributed by atoms with Crippen molar-refractivity contribution in [1.29, 1.82) is 0 Å². The molecule has 0 rings (SSSR count). The van der Waals surface area contributed by atoms with Crippen molar-refractivity contribution in [2.24, 2.45) is 5.92 Å². The standard InChI is InChI=1S/C12H24N2O3/c1-4-5-8-14(3)12(17)13-9-10(2)6-7-11(15)16/h10H,4-9H2,1-3H3,(H,13,17)(H,15,16). The summed E-state index contributed by atoms with van der Waals surface area (Å²) >= 11 is 0. The van der Waals surface area contributed by atoms with Gasteiger partial charge in [0.15, 0.2) is 0 Å². The number of carbonyl (C=O) groups is 2. The van der Waals surface area contributed by atoms with Crippen LogP contribution in [0.4, 0.5) is 4.79 Å². The zero-order chi connectivity index (χ0) is 13.3. The predicted molar refractivity (Wildman–Crippen MR) is 67.0 cm³/mol. The fraction of sp³-hybridized carbons (Fsp3) is 0.833. The van der Waals surface area contributed by atoms with Crippen molar-refractivity contribution in [2.75, 3.05) is 20.1 Å². The van der Waals surface area contributed by atoms with E-state index in [0.717, 1.165) is 19.4 Å². The normalized spacial score (nSPS) is 11.9. The summed E-state index contributed by atoms with van der Waals surface area (Å²) in [6, 6.07) is -0.0828. The molecule has 0 saturated carbocycles. The first-order valence-electron chi connectivity index (χ1n) is 6.18. The van der Waals surface area contributed by atoms with Gasteiger partial charge in [-0.15, -0.1) is 0 Å². The highest BCUT2D eigenvalue weighted by Gasteiger charge is 2.10. The van der Waals surface area contributed by atoms with E-state index in [2.05, 4.69) is 12.2 Å². The Hall–Kier alpha value is -1.26. The van der Waals surface area contributed by atoms with Crippen molar-refractivity contribution in [3.05, 3.63) is 0 Å². The second-order valence-corrected chi connectivity index (χ2v) is 4.50. The van der Waals surface area contributed by atoms with E-state index in [1.54, 1.807) is 11.9 Å². The van der Waals surface area contributed by atoms with E-state index in [-0.39, 0.29) is 18.4 Å². The van der Waals surface area contributed by atoms with Gasteiger partial charge in [-0.05, 0) is 18.8 Å². The summed E-state index contributed by atoms with van der Waals surface area (Å²) < 4.78 is 0. The molecule has 0 heterocycles. The van der Waals surface area contributed by atoms with Crippen molar-refractivity contribution in [1.82, 2.24) is 10.2 Å². The topological polar surface area (TPSA) is 69.6 Å². The van der Waals surface area contributed by atoms with E-state index >= 15 is 0 Å². The Morgan fingerprint density at radius 2 is 2.06 bits per heavy atom. The Kier molecular flexibility index (Phi) is 8.19. The first-order valence-corrected chi connectivity index (χ1v) is 6.18. The monoisotopic (exact) mass is 244 g/mol. The molecule has 100 valence electrons. The molecule has 0 aromatic rings. The Morgan fingerprint density at radius 3 is 2.59 bits per heavy atom. The molecule has 0 fully saturated rings. The molecule has 2 amide bonds. The second kappa shape index (κ2) is 8.84. The Labute approximate surface area is 103 Å². The zero-order valence-electron chi connectivity index (χ0n) is 11.0. The second-order valence-electron chi connectivity index (χ2n) is 4.50. The van der Waals surface area contributed by atoms with Gasteiger partial charge < -0.3 is 15.3 Å². The van der Waals surface area contributed by atoms with E-state index in [4.69, 9.17) is 5.11 Å². The van der Waals surface area contributed by atoms with Gasteiger partial charge in [-0.1, -0.05) is 20.3 Å². The number of aliphatic carboxylic acids is 1. The SMILES string of the molecule is CCCCN(C)C(=O)NCC(C)CCC(=O)O. The van der Waals surface area contributed by atoms with Gasteiger partial charge in [0.25, 0.3) is 0 Å². The molecule has 0 radical (unpaired) electrons. The predicted octanol–water partition coefficient (Wildman–Crippen LogP) is 1.93. The highest BCUT2D eigenvalue weighted by Crippen LogP contribution is 2.04. The molecule has 5 heteroatoms. The molecule has 0 bridgehead atoms. The number of carboxylic acid groups (broad SMARTS) is 1. The van der Waals surface area contributed by atoms with Gasteiger partial charge in [-0.2, -0.15) is 0 Å². The molecule has 0 aromatic carbocycles. The summed E-state index contributed by atoms with van der Waals surface area (Å²) in [6.45, 7) is 5.31. The highest BCUT2D eigenvalue weighted by atomic mass is 16.4. The van der Waals surface area contributed by atoms with E-state index in [0.29, 0.717) is 13.0 Å². The molecule has 17 heavy (non-hydrogen) atoms. The Balaban J connectivity index is 3.71. The first-order chi connectivity index (χ1) is 7.97. The van der Waals surface area contributed by atoms with Gasteiger partial charge in [0.05, 0.1) is 0 Å². The van der Waals surface area contributed by atoms with E-state index in [9.17, 15) is 9.59 Å². The van der Waals surface area contributed by atoms with Crippen molar-refractivity contribution in [3.8, 4) is 0 Å². The summed E-state index contributed by atoms with van der Waals surface area (Å²) in [6.07, 6.45) is 2.81. The molecular formula is C12H24N2O3. The maximum absolute atomic E-state index is 11.6. The fourth-order valence-corrected chi connectivity index (χ4v) is 1.37. The number of nitrogens with one attached hydrogen (secondary N) is 1. The van der Waals surface area contributed by atoms with Crippen LogP contribution in [0.3, 0.4) is 0 Å². The van der Waals surface area contributed by atoms with Crippen LogP contribution < -0.4 is 5.32 Å². The van der Waals surface area contributed by atoms with Crippen LogP contribution in [-0.4, -0.2) is 42.1 Å². The molecule has 0 saturated heterocycles. The zero-order valence-corrected chi connectivity index (χ0v) is 11.0. The fourth-order valence-electron chi connectivity index (χ4n) is 1.37. The maximum Gasteiger partial charge on any atom is 0.317 e. The average molecular weight is 244 g/mol. The molecule has 0 aromatic heterocycles. The molecule has 0 spiro atoms. The summed E-state index contributed by atoms with van der Waals surface area (Å²) in [7, 11) is 1.77. The van der Waals surface area contributed by atoms with Crippen molar-refractivity contribution >= 4 is 12.0 Å². The lowest BCUT2D eigenvalue weighted by molar-refractivity contribution is -0.137. The maximum atomic E-state index is 11.6. The van der Waals surface area contributed by atoms with Crippen molar-refractivity contribution < 1.29 is 14.7 Å². The number of carboxylic acids is 1. The number of amides is 2. The Bertz CT molecular complexity index is 244. The van der Waals surface area contributed by atoms with E-state index in [1.165, 1.54) is 0 Å². The third-order valence-electron chi connectivity index (χ3n) is 2.65. The van der Waals surface area contributed by atoms with Crippen molar-refractivity contribution in [3.63, 3.8) is 0 Å². The van der Waals surface area contributed by atoms with Crippen molar-refractivity contribution in [2.45, 2.75) is 39.5 Å². The third kappa shape index (κ3) is 8.54. The van der Waals surface area contributed by atoms with E-state index in [1.807, 2.05) is 6.92 Å². The summed E-state index contributed by atoms with van der Waals surface area (Å²) in [5.41, 5.74) is 0. The molecule has 0 aliphatic heterocycles. The molecule has 0 aliphatic rings. The lowest BCUT2D eigenvalue weighted by Gasteiger charge is -2.19. The van der Waals surface area contributed by atoms with Crippen LogP contribution in [0, 0.1) is 5.92 Å². The summed E-state index contributed by atoms with van der Waals surface area (Å²) in [5, 5.41) is 11.3. The lowest BCUT2D eigenvalue weighted by Crippen LogP contribution is -2.39. The van der Waals surface area contributed by atoms with Gasteiger partial charge in [-0.25, -0.2) is 4.79 Å². The number of urea groups is 1. The van der Waals surface area contributed by atoms with Crippen LogP contribution in [0.15, 0.2) is 0 Å². The first kappa shape index (κ1) is 15.7. The number of rotatable bonds is 8. The smallest absolute Gasteiger partial charge is 0.317 e. The minimum absolute atomic E-state index is 0.0828. The summed E-state index contributed by atoms with van der Waals surface area (Å²) in [4.78, 5) is 23.6. The van der Waals surface area contributed by atoms with Gasteiger partial charge in [0.2, 0.25) is 0 Å². The van der Waals surface area contributed by atoms with Crippen LogP contribution >= 0.6 is 0 Å². The minimum atomic E-state index is -0.789. The van der Waals surface area contributed by atoms with Crippen LogP contribution in [0.25, 0.3) is 0 Å². The number of unbranched alkanes of at least 4 members (excludes halogenated alkanes) is 1. The summed E-state index contributed by atoms with van der Waals surface area (Å²) in [5.74, 6) is -0.599. The van der Waals surface area contributed by atoms with Gasteiger partial charge in [0.1, 0.15) is 0 Å². The number of carbonyl (C=O) groups excluding carboxylic acids is 1. The third-order valence-corrected chi connectivity index (χ3v) is 2.65. The number of hydrogen-bond donors (Lipinski definition) is 2.